The molecule has 0 radical (unpaired) electrons. The van der Waals surface area contributed by atoms with Crippen LogP contribution < -0.4 is 21.3 Å². The molecule has 1 aromatic carbocycles. The number of pyridine rings is 1. The number of hydrogen-bond acceptors (Lipinski definition) is 7. The van der Waals surface area contributed by atoms with E-state index in [0.717, 1.165) is 65.6 Å². The molecule has 9 heteroatoms. The molecular weight excluding hydrogens is 442 g/mol. The van der Waals surface area contributed by atoms with Gasteiger partial charge in [0.2, 0.25) is 5.95 Å². The van der Waals surface area contributed by atoms with E-state index < -0.39 is 0 Å². The Bertz CT molecular complexity index is 1180. The van der Waals surface area contributed by atoms with E-state index in [0.29, 0.717) is 28.4 Å². The minimum atomic E-state index is 0.461. The lowest BCUT2D eigenvalue weighted by Crippen LogP contribution is -2.35. The van der Waals surface area contributed by atoms with Crippen LogP contribution in [0.3, 0.4) is 0 Å². The Morgan fingerprint density at radius 1 is 1.12 bits per heavy atom. The van der Waals surface area contributed by atoms with Crippen LogP contribution >= 0.6 is 23.8 Å². The minimum absolute atomic E-state index is 0.461. The van der Waals surface area contributed by atoms with Gasteiger partial charge < -0.3 is 21.3 Å². The van der Waals surface area contributed by atoms with E-state index in [1.54, 1.807) is 0 Å². The highest BCUT2D eigenvalue weighted by atomic mass is 35.5. The summed E-state index contributed by atoms with van der Waals surface area (Å²) in [7, 11) is 0. The number of aromatic nitrogens is 3. The number of benzene rings is 1. The van der Waals surface area contributed by atoms with Crippen molar-refractivity contribution < 1.29 is 0 Å². The third-order valence-electron chi connectivity index (χ3n) is 5.75. The van der Waals surface area contributed by atoms with E-state index >= 15 is 0 Å². The van der Waals surface area contributed by atoms with Gasteiger partial charge in [-0.05, 0) is 63.2 Å². The van der Waals surface area contributed by atoms with Gasteiger partial charge >= 0.3 is 0 Å². The summed E-state index contributed by atoms with van der Waals surface area (Å²) in [6.07, 6.45) is 4.62. The van der Waals surface area contributed by atoms with Gasteiger partial charge in [0.1, 0.15) is 5.82 Å². The van der Waals surface area contributed by atoms with Crippen LogP contribution in [0.1, 0.15) is 24.1 Å². The van der Waals surface area contributed by atoms with Gasteiger partial charge in [0.05, 0.1) is 22.1 Å². The Hall–Kier alpha value is -2.81. The Morgan fingerprint density at radius 2 is 1.97 bits per heavy atom. The number of nitrogens with zero attached hydrogens (tertiary/aromatic N) is 3. The van der Waals surface area contributed by atoms with E-state index in [1.165, 1.54) is 0 Å². The first-order chi connectivity index (χ1) is 15.5. The normalized spacial score (nSPS) is 15.9. The SMILES string of the molecule is Cc1nc(NC2CCNCC2)ccc1Nc1ncc2c(n1)-c1ccc(Cl)cc1NC(=S)C2. The van der Waals surface area contributed by atoms with Crippen molar-refractivity contribution in [3.8, 4) is 11.3 Å². The lowest BCUT2D eigenvalue weighted by molar-refractivity contribution is 0.478. The van der Waals surface area contributed by atoms with Gasteiger partial charge in [-0.3, -0.25) is 0 Å². The summed E-state index contributed by atoms with van der Waals surface area (Å²) in [5.74, 6) is 1.41. The smallest absolute Gasteiger partial charge is 0.227 e. The molecule has 7 nitrogen and oxygen atoms in total. The maximum atomic E-state index is 6.19. The quantitative estimate of drug-likeness (QED) is 0.412. The van der Waals surface area contributed by atoms with Crippen molar-refractivity contribution in [1.29, 1.82) is 0 Å². The van der Waals surface area contributed by atoms with Crippen LogP contribution in [0.4, 0.5) is 23.1 Å². The van der Waals surface area contributed by atoms with Gasteiger partial charge in [-0.2, -0.15) is 0 Å². The number of piperidine rings is 1. The number of anilines is 4. The first kappa shape index (κ1) is 21.1. The molecule has 2 aliphatic rings. The van der Waals surface area contributed by atoms with Crippen LogP contribution in [0.15, 0.2) is 36.5 Å². The average Bonchev–Trinajstić information content (AvgIpc) is 2.91. The largest absolute Gasteiger partial charge is 0.367 e. The Balaban J connectivity index is 1.40. The average molecular weight is 466 g/mol. The Morgan fingerprint density at radius 3 is 2.78 bits per heavy atom. The van der Waals surface area contributed by atoms with Crippen LogP contribution in [0, 0.1) is 6.92 Å². The van der Waals surface area contributed by atoms with E-state index in [9.17, 15) is 0 Å². The number of fused-ring (bicyclic) bond motifs is 3. The fourth-order valence-electron chi connectivity index (χ4n) is 4.09. The predicted molar refractivity (Wildman–Crippen MR) is 134 cm³/mol. The fourth-order valence-corrected chi connectivity index (χ4v) is 4.53. The molecule has 2 aromatic heterocycles. The van der Waals surface area contributed by atoms with Crippen molar-refractivity contribution in [2.24, 2.45) is 0 Å². The molecule has 0 amide bonds. The number of nitrogens with one attached hydrogen (secondary N) is 4. The second-order valence-electron chi connectivity index (χ2n) is 8.11. The third kappa shape index (κ3) is 4.53. The van der Waals surface area contributed by atoms with Crippen molar-refractivity contribution in [2.45, 2.75) is 32.2 Å². The van der Waals surface area contributed by atoms with Crippen LogP contribution in [0.2, 0.25) is 5.02 Å². The van der Waals surface area contributed by atoms with E-state index in [4.69, 9.17) is 33.8 Å². The van der Waals surface area contributed by atoms with Crippen LogP contribution in [0.25, 0.3) is 11.3 Å². The lowest BCUT2D eigenvalue weighted by atomic mass is 10.1. The highest BCUT2D eigenvalue weighted by molar-refractivity contribution is 7.80. The van der Waals surface area contributed by atoms with Gasteiger partial charge in [0, 0.05) is 40.5 Å². The number of aryl methyl sites for hydroxylation is 1. The molecule has 0 bridgehead atoms. The maximum absolute atomic E-state index is 6.19. The van der Waals surface area contributed by atoms with Crippen LogP contribution in [-0.4, -0.2) is 39.1 Å². The maximum Gasteiger partial charge on any atom is 0.227 e. The minimum Gasteiger partial charge on any atom is -0.367 e. The standard InChI is InChI=1S/C23H24ClN7S/c1-13-18(4-5-20(27-13)28-16-6-8-25-9-7-16)30-23-26-12-14-10-21(32)29-19-11-15(24)2-3-17(19)22(14)31-23/h2-5,11-12,16,25H,6-10H2,1H3,(H,27,28)(H,29,32)(H,26,30,31). The number of hydrogen-bond donors (Lipinski definition) is 4. The lowest BCUT2D eigenvalue weighted by Gasteiger charge is -2.24. The van der Waals surface area contributed by atoms with Crippen molar-refractivity contribution in [2.75, 3.05) is 29.0 Å². The number of thiocarbonyl (C=S) groups is 1. The Kier molecular flexibility index (Phi) is 5.91. The van der Waals surface area contributed by atoms with E-state index in [2.05, 4.69) is 26.3 Å². The van der Waals surface area contributed by atoms with Gasteiger partial charge in [-0.25, -0.2) is 15.0 Å². The topological polar surface area (TPSA) is 86.8 Å². The van der Waals surface area contributed by atoms with Crippen molar-refractivity contribution >= 4 is 51.9 Å². The summed E-state index contributed by atoms with van der Waals surface area (Å²) in [5.41, 5.74) is 5.39. The van der Waals surface area contributed by atoms with Gasteiger partial charge in [-0.15, -0.1) is 0 Å². The molecule has 0 saturated carbocycles. The van der Waals surface area contributed by atoms with Gasteiger partial charge in [0.25, 0.3) is 0 Å². The van der Waals surface area contributed by atoms with Crippen molar-refractivity contribution in [1.82, 2.24) is 20.3 Å². The second kappa shape index (κ2) is 8.97. The molecule has 5 rings (SSSR count). The molecule has 32 heavy (non-hydrogen) atoms. The molecule has 0 unspecified atom stereocenters. The second-order valence-corrected chi connectivity index (χ2v) is 9.03. The molecule has 164 valence electrons. The van der Waals surface area contributed by atoms with E-state index in [-0.39, 0.29) is 0 Å². The van der Waals surface area contributed by atoms with Crippen molar-refractivity contribution in [3.63, 3.8) is 0 Å². The molecule has 2 aliphatic heterocycles. The molecule has 3 aromatic rings. The third-order valence-corrected chi connectivity index (χ3v) is 6.23. The zero-order valence-electron chi connectivity index (χ0n) is 17.7. The summed E-state index contributed by atoms with van der Waals surface area (Å²) in [6, 6.07) is 10.2. The Labute approximate surface area is 197 Å². The zero-order valence-corrected chi connectivity index (χ0v) is 19.3. The summed E-state index contributed by atoms with van der Waals surface area (Å²) in [5, 5.41) is 14.2. The van der Waals surface area contributed by atoms with Crippen LogP contribution in [0.5, 0.6) is 0 Å². The highest BCUT2D eigenvalue weighted by Crippen LogP contribution is 2.35. The molecule has 0 aliphatic carbocycles. The summed E-state index contributed by atoms with van der Waals surface area (Å²) < 4.78 is 0. The van der Waals surface area contributed by atoms with Crippen LogP contribution in [-0.2, 0) is 6.42 Å². The molecule has 1 saturated heterocycles. The molecule has 1 fully saturated rings. The van der Waals surface area contributed by atoms with Gasteiger partial charge in [0.15, 0.2) is 0 Å². The summed E-state index contributed by atoms with van der Waals surface area (Å²) in [6.45, 7) is 4.07. The molecule has 0 spiro atoms. The summed E-state index contributed by atoms with van der Waals surface area (Å²) in [4.78, 5) is 14.8. The molecule has 4 N–H and O–H groups in total. The predicted octanol–water partition coefficient (Wildman–Crippen LogP) is 4.70. The monoisotopic (exact) mass is 465 g/mol. The molecule has 0 atom stereocenters. The van der Waals surface area contributed by atoms with Crippen molar-refractivity contribution in [3.05, 3.63) is 52.8 Å². The molecular formula is C23H24ClN7S. The highest BCUT2D eigenvalue weighted by Gasteiger charge is 2.20. The fraction of sp³-hybridized carbons (Fsp3) is 0.304. The summed E-state index contributed by atoms with van der Waals surface area (Å²) >= 11 is 11.7. The van der Waals surface area contributed by atoms with E-state index in [1.807, 2.05) is 43.5 Å². The zero-order chi connectivity index (χ0) is 22.1. The first-order valence-electron chi connectivity index (χ1n) is 10.7. The van der Waals surface area contributed by atoms with Gasteiger partial charge in [-0.1, -0.05) is 23.8 Å². The number of halogens is 1. The first-order valence-corrected chi connectivity index (χ1v) is 11.5. The molecule has 4 heterocycles. The number of rotatable bonds is 4.